The van der Waals surface area contributed by atoms with Gasteiger partial charge in [-0.1, -0.05) is 30.3 Å². The molecule has 0 aliphatic rings. The molecule has 2 aromatic heterocycles. The van der Waals surface area contributed by atoms with Crippen molar-refractivity contribution in [2.75, 3.05) is 5.32 Å². The largest absolute Gasteiger partial charge is 0.340 e. The van der Waals surface area contributed by atoms with E-state index in [0.29, 0.717) is 0 Å². The van der Waals surface area contributed by atoms with Gasteiger partial charge in [0.15, 0.2) is 5.65 Å². The van der Waals surface area contributed by atoms with E-state index in [0.717, 1.165) is 28.2 Å². The summed E-state index contributed by atoms with van der Waals surface area (Å²) in [5, 5.41) is 3.39. The average Bonchev–Trinajstić information content (AvgIpc) is 2.92. The first-order valence-electron chi connectivity index (χ1n) is 6.45. The molecule has 0 spiro atoms. The minimum absolute atomic E-state index is 0.835. The Bertz CT molecular complexity index is 881. The third-order valence-corrected chi connectivity index (χ3v) is 3.28. The first kappa shape index (κ1) is 11.0. The molecule has 96 valence electrons. The third kappa shape index (κ3) is 1.70. The lowest BCUT2D eigenvalue weighted by Gasteiger charge is -2.08. The Hall–Kier alpha value is -2.88. The molecule has 2 aromatic carbocycles. The topological polar surface area (TPSA) is 42.2 Å². The first-order chi connectivity index (χ1) is 9.92. The number of nitrogens with zero attached hydrogens (tertiary/aromatic N) is 3. The van der Waals surface area contributed by atoms with Crippen LogP contribution in [0.3, 0.4) is 0 Å². The second kappa shape index (κ2) is 4.35. The van der Waals surface area contributed by atoms with Crippen LogP contribution in [0.15, 0.2) is 67.0 Å². The van der Waals surface area contributed by atoms with Crippen molar-refractivity contribution >= 4 is 28.2 Å². The van der Waals surface area contributed by atoms with Gasteiger partial charge < -0.3 is 5.32 Å². The third-order valence-electron chi connectivity index (χ3n) is 3.28. The Morgan fingerprint density at radius 3 is 2.50 bits per heavy atom. The molecule has 4 aromatic rings. The maximum Gasteiger partial charge on any atom is 0.157 e. The van der Waals surface area contributed by atoms with Gasteiger partial charge in [-0.25, -0.2) is 4.98 Å². The highest BCUT2D eigenvalue weighted by Gasteiger charge is 2.07. The van der Waals surface area contributed by atoms with Gasteiger partial charge in [-0.15, -0.1) is 0 Å². The number of rotatable bonds is 2. The molecule has 0 aliphatic carbocycles. The average molecular weight is 260 g/mol. The Balaban J connectivity index is 1.94. The van der Waals surface area contributed by atoms with Crippen LogP contribution in [0.5, 0.6) is 0 Å². The Morgan fingerprint density at radius 1 is 0.800 bits per heavy atom. The fourth-order valence-electron chi connectivity index (χ4n) is 2.36. The maximum atomic E-state index is 4.42. The maximum absolute atomic E-state index is 4.42. The predicted molar refractivity (Wildman–Crippen MR) is 80.2 cm³/mol. The Kier molecular flexibility index (Phi) is 2.39. The number of hydrogen-bond acceptors (Lipinski definition) is 3. The van der Waals surface area contributed by atoms with Gasteiger partial charge in [0.1, 0.15) is 5.82 Å². The van der Waals surface area contributed by atoms with E-state index in [9.17, 15) is 0 Å². The molecule has 0 fully saturated rings. The van der Waals surface area contributed by atoms with Crippen molar-refractivity contribution in [1.29, 1.82) is 0 Å². The molecule has 0 unspecified atom stereocenters. The van der Waals surface area contributed by atoms with Crippen LogP contribution >= 0.6 is 0 Å². The SMILES string of the molecule is c1ccc(Nc2cnc3cnc4ccccc4n23)cc1. The summed E-state index contributed by atoms with van der Waals surface area (Å²) >= 11 is 0. The molecule has 0 saturated heterocycles. The molecule has 4 heteroatoms. The zero-order chi connectivity index (χ0) is 13.4. The molecule has 1 N–H and O–H groups in total. The van der Waals surface area contributed by atoms with Crippen molar-refractivity contribution < 1.29 is 0 Å². The minimum atomic E-state index is 0.835. The number of nitrogens with one attached hydrogen (secondary N) is 1. The van der Waals surface area contributed by atoms with Gasteiger partial charge >= 0.3 is 0 Å². The van der Waals surface area contributed by atoms with Crippen LogP contribution in [0.2, 0.25) is 0 Å². The Labute approximate surface area is 115 Å². The fourth-order valence-corrected chi connectivity index (χ4v) is 2.36. The molecule has 0 bridgehead atoms. The van der Waals surface area contributed by atoms with Crippen LogP contribution in [0.4, 0.5) is 11.5 Å². The Morgan fingerprint density at radius 2 is 1.60 bits per heavy atom. The van der Waals surface area contributed by atoms with Crippen molar-refractivity contribution in [2.24, 2.45) is 0 Å². The molecule has 20 heavy (non-hydrogen) atoms. The highest BCUT2D eigenvalue weighted by molar-refractivity contribution is 5.80. The molecule has 0 saturated carbocycles. The van der Waals surface area contributed by atoms with Gasteiger partial charge in [-0.3, -0.25) is 9.38 Å². The van der Waals surface area contributed by atoms with E-state index in [1.165, 1.54) is 0 Å². The smallest absolute Gasteiger partial charge is 0.157 e. The van der Waals surface area contributed by atoms with Gasteiger partial charge in [0.25, 0.3) is 0 Å². The molecule has 0 aliphatic heterocycles. The van der Waals surface area contributed by atoms with Crippen molar-refractivity contribution in [3.63, 3.8) is 0 Å². The van der Waals surface area contributed by atoms with E-state index >= 15 is 0 Å². The number of benzene rings is 2. The quantitative estimate of drug-likeness (QED) is 0.598. The summed E-state index contributed by atoms with van der Waals surface area (Å²) in [6.07, 6.45) is 3.62. The zero-order valence-corrected chi connectivity index (χ0v) is 10.7. The molecule has 4 nitrogen and oxygen atoms in total. The van der Waals surface area contributed by atoms with E-state index in [1.807, 2.05) is 60.8 Å². The number of hydrogen-bond donors (Lipinski definition) is 1. The second-order valence-corrected chi connectivity index (χ2v) is 4.57. The molecule has 0 amide bonds. The molecule has 2 heterocycles. The summed E-state index contributed by atoms with van der Waals surface area (Å²) in [5.41, 5.74) is 3.87. The van der Waals surface area contributed by atoms with Crippen molar-refractivity contribution in [3.05, 3.63) is 67.0 Å². The van der Waals surface area contributed by atoms with Crippen LogP contribution < -0.4 is 5.32 Å². The lowest BCUT2D eigenvalue weighted by Crippen LogP contribution is -1.97. The number of anilines is 2. The zero-order valence-electron chi connectivity index (χ0n) is 10.7. The second-order valence-electron chi connectivity index (χ2n) is 4.57. The summed E-state index contributed by atoms with van der Waals surface area (Å²) < 4.78 is 2.08. The van der Waals surface area contributed by atoms with Crippen LogP contribution in [0.1, 0.15) is 0 Å². The summed E-state index contributed by atoms with van der Waals surface area (Å²) in [6.45, 7) is 0. The summed E-state index contributed by atoms with van der Waals surface area (Å²) in [7, 11) is 0. The van der Waals surface area contributed by atoms with E-state index in [1.54, 1.807) is 6.20 Å². The lowest BCUT2D eigenvalue weighted by atomic mass is 10.3. The van der Waals surface area contributed by atoms with E-state index < -0.39 is 0 Å². The first-order valence-corrected chi connectivity index (χ1v) is 6.45. The van der Waals surface area contributed by atoms with Gasteiger partial charge in [-0.05, 0) is 24.3 Å². The highest BCUT2D eigenvalue weighted by atomic mass is 15.1. The molecule has 4 rings (SSSR count). The summed E-state index contributed by atoms with van der Waals surface area (Å²) in [5.74, 6) is 0.935. The number of aromatic nitrogens is 3. The molecule has 0 atom stereocenters. The van der Waals surface area contributed by atoms with Gasteiger partial charge in [-0.2, -0.15) is 0 Å². The van der Waals surface area contributed by atoms with Crippen molar-refractivity contribution in [3.8, 4) is 0 Å². The van der Waals surface area contributed by atoms with E-state index in [-0.39, 0.29) is 0 Å². The minimum Gasteiger partial charge on any atom is -0.340 e. The lowest BCUT2D eigenvalue weighted by molar-refractivity contribution is 1.21. The standard InChI is InChI=1S/C16H12N4/c1-2-6-12(7-3-1)19-16-11-18-15-10-17-13-8-4-5-9-14(13)20(15)16/h1-11,19H. The monoisotopic (exact) mass is 260 g/mol. The number of fused-ring (bicyclic) bond motifs is 3. The molecular weight excluding hydrogens is 248 g/mol. The number of imidazole rings is 1. The molecular formula is C16H12N4. The van der Waals surface area contributed by atoms with Crippen LogP contribution in [-0.2, 0) is 0 Å². The summed E-state index contributed by atoms with van der Waals surface area (Å²) in [4.78, 5) is 8.82. The van der Waals surface area contributed by atoms with Crippen LogP contribution in [0.25, 0.3) is 16.7 Å². The molecule has 0 radical (unpaired) electrons. The van der Waals surface area contributed by atoms with Gasteiger partial charge in [0.05, 0.1) is 23.4 Å². The van der Waals surface area contributed by atoms with E-state index in [4.69, 9.17) is 0 Å². The van der Waals surface area contributed by atoms with Crippen molar-refractivity contribution in [2.45, 2.75) is 0 Å². The fraction of sp³-hybridized carbons (Fsp3) is 0. The normalized spacial score (nSPS) is 11.0. The predicted octanol–water partition coefficient (Wildman–Crippen LogP) is 3.63. The highest BCUT2D eigenvalue weighted by Crippen LogP contribution is 2.22. The van der Waals surface area contributed by atoms with E-state index in [2.05, 4.69) is 19.7 Å². The van der Waals surface area contributed by atoms with Gasteiger partial charge in [0.2, 0.25) is 0 Å². The van der Waals surface area contributed by atoms with Crippen molar-refractivity contribution in [1.82, 2.24) is 14.4 Å². The van der Waals surface area contributed by atoms with Crippen LogP contribution in [0, 0.1) is 0 Å². The van der Waals surface area contributed by atoms with Crippen LogP contribution in [-0.4, -0.2) is 14.4 Å². The van der Waals surface area contributed by atoms with Gasteiger partial charge in [0, 0.05) is 5.69 Å². The number of para-hydroxylation sites is 3. The summed E-state index contributed by atoms with van der Waals surface area (Å²) in [6, 6.07) is 18.1.